The molecule has 20 heavy (non-hydrogen) atoms. The fourth-order valence-electron chi connectivity index (χ4n) is 1.55. The molecule has 0 saturated heterocycles. The summed E-state index contributed by atoms with van der Waals surface area (Å²) in [6.45, 7) is 3.95. The summed E-state index contributed by atoms with van der Waals surface area (Å²) < 4.78 is 27.8. The summed E-state index contributed by atoms with van der Waals surface area (Å²) in [4.78, 5) is 4.52. The molecule has 5 nitrogen and oxygen atoms in total. The fourth-order valence-corrected chi connectivity index (χ4v) is 2.18. The van der Waals surface area contributed by atoms with Gasteiger partial charge in [0.15, 0.2) is 15.7 Å². The van der Waals surface area contributed by atoms with E-state index in [-0.39, 0.29) is 5.92 Å². The van der Waals surface area contributed by atoms with E-state index in [9.17, 15) is 8.42 Å². The number of hydrogen-bond donors (Lipinski definition) is 0. The number of rotatable bonds is 4. The molecule has 6 heteroatoms. The molecule has 0 spiro atoms. The first-order valence-electron chi connectivity index (χ1n) is 6.18. The molecule has 0 aliphatic heterocycles. The van der Waals surface area contributed by atoms with Crippen LogP contribution in [-0.2, 0) is 9.84 Å². The van der Waals surface area contributed by atoms with E-state index in [0.29, 0.717) is 16.6 Å². The summed E-state index contributed by atoms with van der Waals surface area (Å²) in [7, 11) is -3.16. The van der Waals surface area contributed by atoms with E-state index in [1.54, 1.807) is 36.4 Å². The average Bonchev–Trinajstić information content (AvgIpc) is 2.85. The highest BCUT2D eigenvalue weighted by molar-refractivity contribution is 7.90. The lowest BCUT2D eigenvalue weighted by molar-refractivity contribution is 0.364. The molecule has 1 heterocycles. The Morgan fingerprint density at radius 1 is 1.15 bits per heavy atom. The Kier molecular flexibility index (Phi) is 4.04. The Morgan fingerprint density at radius 2 is 1.80 bits per heavy atom. The molecule has 0 bridgehead atoms. The highest BCUT2D eigenvalue weighted by Crippen LogP contribution is 2.14. The minimum Gasteiger partial charge on any atom is -0.339 e. The van der Waals surface area contributed by atoms with Crippen LogP contribution in [-0.4, -0.2) is 24.8 Å². The van der Waals surface area contributed by atoms with Crippen LogP contribution in [0.3, 0.4) is 0 Å². The van der Waals surface area contributed by atoms with Crippen LogP contribution in [0.1, 0.15) is 37.0 Å². The Bertz CT molecular complexity index is 713. The molecule has 0 aliphatic carbocycles. The summed E-state index contributed by atoms with van der Waals surface area (Å²) in [6.07, 6.45) is 4.72. The van der Waals surface area contributed by atoms with E-state index in [4.69, 9.17) is 4.52 Å². The monoisotopic (exact) mass is 292 g/mol. The Labute approximate surface area is 118 Å². The van der Waals surface area contributed by atoms with E-state index in [2.05, 4.69) is 10.1 Å². The van der Waals surface area contributed by atoms with Gasteiger partial charge in [-0.1, -0.05) is 37.2 Å². The first-order valence-corrected chi connectivity index (χ1v) is 8.07. The normalized spacial score (nSPS) is 12.4. The largest absolute Gasteiger partial charge is 0.339 e. The lowest BCUT2D eigenvalue weighted by atomic mass is 10.2. The van der Waals surface area contributed by atoms with E-state index in [1.807, 2.05) is 13.8 Å². The van der Waals surface area contributed by atoms with Crippen molar-refractivity contribution in [3.8, 4) is 0 Å². The molecular formula is C14H16N2O3S. The maximum absolute atomic E-state index is 11.3. The van der Waals surface area contributed by atoms with Gasteiger partial charge in [0.25, 0.3) is 0 Å². The molecule has 2 aromatic rings. The first kappa shape index (κ1) is 14.5. The number of hydrogen-bond acceptors (Lipinski definition) is 5. The third-order valence-corrected chi connectivity index (χ3v) is 3.81. The standard InChI is InChI=1S/C14H16N2O3S/c1-10(2)14-15-13(16-19-14)9-6-11-4-7-12(8-5-11)20(3,17)18/h4-10H,1-3H3. The van der Waals surface area contributed by atoms with Gasteiger partial charge in [0, 0.05) is 12.2 Å². The Balaban J connectivity index is 2.15. The average molecular weight is 292 g/mol. The highest BCUT2D eigenvalue weighted by atomic mass is 32.2. The summed E-state index contributed by atoms with van der Waals surface area (Å²) in [5.41, 5.74) is 0.869. The van der Waals surface area contributed by atoms with Crippen LogP contribution in [0.4, 0.5) is 0 Å². The van der Waals surface area contributed by atoms with Crippen LogP contribution in [0.5, 0.6) is 0 Å². The number of sulfone groups is 1. The van der Waals surface area contributed by atoms with Gasteiger partial charge in [-0.2, -0.15) is 4.98 Å². The molecule has 1 aromatic carbocycles. The first-order chi connectivity index (χ1) is 9.36. The molecule has 0 radical (unpaired) electrons. The van der Waals surface area contributed by atoms with Crippen LogP contribution in [0.2, 0.25) is 0 Å². The molecule has 0 atom stereocenters. The summed E-state index contributed by atoms with van der Waals surface area (Å²) in [5, 5.41) is 3.84. The molecule has 0 fully saturated rings. The van der Waals surface area contributed by atoms with Gasteiger partial charge in [-0.3, -0.25) is 0 Å². The minimum absolute atomic E-state index is 0.193. The zero-order valence-corrected chi connectivity index (χ0v) is 12.4. The third-order valence-electron chi connectivity index (χ3n) is 2.68. The minimum atomic E-state index is -3.16. The maximum atomic E-state index is 11.3. The lowest BCUT2D eigenvalue weighted by Gasteiger charge is -1.98. The molecule has 0 saturated carbocycles. The number of aromatic nitrogens is 2. The van der Waals surface area contributed by atoms with Crippen molar-refractivity contribution < 1.29 is 12.9 Å². The second-order valence-electron chi connectivity index (χ2n) is 4.82. The van der Waals surface area contributed by atoms with E-state index < -0.39 is 9.84 Å². The zero-order valence-electron chi connectivity index (χ0n) is 11.6. The van der Waals surface area contributed by atoms with Crippen LogP contribution < -0.4 is 0 Å². The molecule has 0 unspecified atom stereocenters. The predicted molar refractivity (Wildman–Crippen MR) is 76.9 cm³/mol. The topological polar surface area (TPSA) is 73.1 Å². The van der Waals surface area contributed by atoms with Crippen molar-refractivity contribution in [2.24, 2.45) is 0 Å². The summed E-state index contributed by atoms with van der Waals surface area (Å²) in [5.74, 6) is 1.29. The fraction of sp³-hybridized carbons (Fsp3) is 0.286. The molecule has 0 amide bonds. The molecule has 0 aliphatic rings. The highest BCUT2D eigenvalue weighted by Gasteiger charge is 2.08. The molecular weight excluding hydrogens is 276 g/mol. The zero-order chi connectivity index (χ0) is 14.8. The van der Waals surface area contributed by atoms with Gasteiger partial charge in [0.1, 0.15) is 0 Å². The molecule has 106 valence electrons. The van der Waals surface area contributed by atoms with Crippen LogP contribution in [0.25, 0.3) is 12.2 Å². The van der Waals surface area contributed by atoms with Crippen molar-refractivity contribution in [1.82, 2.24) is 10.1 Å². The second kappa shape index (κ2) is 5.58. The molecule has 2 rings (SSSR count). The van der Waals surface area contributed by atoms with Gasteiger partial charge in [0.2, 0.25) is 5.89 Å². The number of benzene rings is 1. The van der Waals surface area contributed by atoms with Gasteiger partial charge >= 0.3 is 0 Å². The van der Waals surface area contributed by atoms with E-state index in [1.165, 1.54) is 6.26 Å². The second-order valence-corrected chi connectivity index (χ2v) is 6.84. The smallest absolute Gasteiger partial charge is 0.229 e. The van der Waals surface area contributed by atoms with Crippen molar-refractivity contribution in [2.45, 2.75) is 24.7 Å². The molecule has 1 aromatic heterocycles. The van der Waals surface area contributed by atoms with E-state index in [0.717, 1.165) is 5.56 Å². The van der Waals surface area contributed by atoms with Crippen molar-refractivity contribution in [2.75, 3.05) is 6.26 Å². The van der Waals surface area contributed by atoms with Gasteiger partial charge < -0.3 is 4.52 Å². The van der Waals surface area contributed by atoms with E-state index >= 15 is 0 Å². The van der Waals surface area contributed by atoms with Gasteiger partial charge in [-0.15, -0.1) is 0 Å². The maximum Gasteiger partial charge on any atom is 0.229 e. The van der Waals surface area contributed by atoms with Crippen LogP contribution in [0, 0.1) is 0 Å². The third kappa shape index (κ3) is 3.54. The predicted octanol–water partition coefficient (Wildman–Crippen LogP) is 2.77. The SMILES string of the molecule is CC(C)c1nc(C=Cc2ccc(S(C)(=O)=O)cc2)no1. The Hall–Kier alpha value is -1.95. The van der Waals surface area contributed by atoms with Crippen molar-refractivity contribution in [1.29, 1.82) is 0 Å². The lowest BCUT2D eigenvalue weighted by Crippen LogP contribution is -1.96. The summed E-state index contributed by atoms with van der Waals surface area (Å²) in [6, 6.07) is 6.61. The van der Waals surface area contributed by atoms with Crippen molar-refractivity contribution >= 4 is 22.0 Å². The van der Waals surface area contributed by atoms with Crippen LogP contribution in [0.15, 0.2) is 33.7 Å². The quantitative estimate of drug-likeness (QED) is 0.866. The van der Waals surface area contributed by atoms with Gasteiger partial charge in [0.05, 0.1) is 4.90 Å². The number of nitrogens with zero attached hydrogens (tertiary/aromatic N) is 2. The van der Waals surface area contributed by atoms with Crippen molar-refractivity contribution in [3.05, 3.63) is 41.5 Å². The van der Waals surface area contributed by atoms with Gasteiger partial charge in [-0.05, 0) is 23.8 Å². The molecule has 0 N–H and O–H groups in total. The Morgan fingerprint density at radius 3 is 2.30 bits per heavy atom. The van der Waals surface area contributed by atoms with Crippen LogP contribution >= 0.6 is 0 Å². The van der Waals surface area contributed by atoms with Crippen molar-refractivity contribution in [3.63, 3.8) is 0 Å². The summed E-state index contributed by atoms with van der Waals surface area (Å²) >= 11 is 0. The van der Waals surface area contributed by atoms with Gasteiger partial charge in [-0.25, -0.2) is 8.42 Å².